The molecule has 6 aromatic rings. The van der Waals surface area contributed by atoms with Gasteiger partial charge in [-0.3, -0.25) is 0 Å². The Bertz CT molecular complexity index is 1810. The minimum Gasteiger partial charge on any atom is -0.407 e. The molecule has 0 heterocycles. The van der Waals surface area contributed by atoms with Gasteiger partial charge in [-0.05, 0) is 93.8 Å². The van der Waals surface area contributed by atoms with Gasteiger partial charge in [-0.1, -0.05) is 121 Å². The lowest BCUT2D eigenvalue weighted by molar-refractivity contribution is 0.519. The van der Waals surface area contributed by atoms with Crippen molar-refractivity contribution >= 4 is 11.1 Å². The topological polar surface area (TPSA) is 18.5 Å². The summed E-state index contributed by atoms with van der Waals surface area (Å²) in [7, 11) is 0. The van der Waals surface area contributed by atoms with Gasteiger partial charge in [0, 0.05) is 11.1 Å². The summed E-state index contributed by atoms with van der Waals surface area (Å²) < 4.78 is 11.5. The lowest BCUT2D eigenvalue weighted by Crippen LogP contribution is -1.98. The Morgan fingerprint density at radius 2 is 0.614 bits per heavy atom. The molecule has 0 bridgehead atoms. The van der Waals surface area contributed by atoms with E-state index < -0.39 is 0 Å². The molecular formula is C42H28O2. The average Bonchev–Trinajstić information content (AvgIpc) is 3.10. The van der Waals surface area contributed by atoms with Crippen LogP contribution in [0.2, 0.25) is 0 Å². The van der Waals surface area contributed by atoms with Gasteiger partial charge in [0.15, 0.2) is 0 Å². The molecule has 0 fully saturated rings. The Hall–Kier alpha value is -6.22. The first kappa shape index (κ1) is 27.9. The molecule has 0 unspecified atom stereocenters. The quantitative estimate of drug-likeness (QED) is 0.148. The minimum absolute atomic E-state index is 0.684. The van der Waals surface area contributed by atoms with E-state index in [1.54, 1.807) is 0 Å². The van der Waals surface area contributed by atoms with Crippen LogP contribution in [0.4, 0.5) is 0 Å². The predicted octanol–water partition coefficient (Wildman–Crippen LogP) is 9.47. The Balaban J connectivity index is 1.37. The summed E-state index contributed by atoms with van der Waals surface area (Å²) in [5, 5.41) is 0. The Kier molecular flexibility index (Phi) is 8.95. The summed E-state index contributed by atoms with van der Waals surface area (Å²) in [5.74, 6) is 7.45. The third kappa shape index (κ3) is 7.15. The summed E-state index contributed by atoms with van der Waals surface area (Å²) in [6.45, 7) is 0. The number of rotatable bonds is 6. The van der Waals surface area contributed by atoms with Gasteiger partial charge >= 0.3 is 0 Å². The molecule has 0 aliphatic carbocycles. The number of ether oxygens (including phenoxy) is 2. The lowest BCUT2D eigenvalue weighted by Gasteiger charge is -2.18. The van der Waals surface area contributed by atoms with E-state index in [9.17, 15) is 0 Å². The molecule has 0 amide bonds. The van der Waals surface area contributed by atoms with Crippen molar-refractivity contribution < 1.29 is 9.47 Å². The molecule has 0 radical (unpaired) electrons. The van der Waals surface area contributed by atoms with Gasteiger partial charge in [-0.25, -0.2) is 0 Å². The van der Waals surface area contributed by atoms with Gasteiger partial charge in [-0.15, -0.1) is 0 Å². The summed E-state index contributed by atoms with van der Waals surface area (Å²) in [4.78, 5) is 0. The van der Waals surface area contributed by atoms with Gasteiger partial charge < -0.3 is 9.47 Å². The van der Waals surface area contributed by atoms with E-state index >= 15 is 0 Å². The molecule has 2 nitrogen and oxygen atoms in total. The second-order valence-corrected chi connectivity index (χ2v) is 9.92. The zero-order chi connectivity index (χ0) is 29.8. The van der Waals surface area contributed by atoms with Crippen LogP contribution in [-0.2, 0) is 0 Å². The van der Waals surface area contributed by atoms with Gasteiger partial charge in [0.1, 0.15) is 23.7 Å². The Labute approximate surface area is 258 Å². The molecule has 208 valence electrons. The normalized spacial score (nSPS) is 10.7. The lowest BCUT2D eigenvalue weighted by atomic mass is 9.86. The summed E-state index contributed by atoms with van der Waals surface area (Å²) in [6, 6.07) is 56.7. The molecule has 6 aromatic carbocycles. The SMILES string of the molecule is C(#Cc1ccccc1)Oc1ccc(/C(=C(\c2ccccc2)c2ccc(OC#Cc3ccccc3)cc2)c2ccccc2)cc1. The van der Waals surface area contributed by atoms with Crippen LogP contribution < -0.4 is 9.47 Å². The Morgan fingerprint density at radius 1 is 0.318 bits per heavy atom. The van der Waals surface area contributed by atoms with E-state index in [1.807, 2.05) is 97.1 Å². The molecule has 0 N–H and O–H groups in total. The highest BCUT2D eigenvalue weighted by molar-refractivity contribution is 6.04. The van der Waals surface area contributed by atoms with Crippen molar-refractivity contribution in [1.82, 2.24) is 0 Å². The molecule has 44 heavy (non-hydrogen) atoms. The van der Waals surface area contributed by atoms with E-state index in [-0.39, 0.29) is 0 Å². The maximum Gasteiger partial charge on any atom is 0.140 e. The van der Waals surface area contributed by atoms with Gasteiger partial charge in [-0.2, -0.15) is 0 Å². The molecule has 0 aliphatic heterocycles. The third-order valence-corrected chi connectivity index (χ3v) is 6.94. The molecule has 0 spiro atoms. The van der Waals surface area contributed by atoms with Crippen molar-refractivity contribution in [1.29, 1.82) is 0 Å². The molecule has 2 heteroatoms. The standard InChI is InChI=1S/C42H28O2/c1-5-13-33(14-6-1)29-31-43-39-25-21-37(22-26-39)41(35-17-9-3-10-18-35)42(36-19-11-4-12-20-36)38-23-27-40(28-24-38)44-32-30-34-15-7-2-8-16-34/h1-28H/b42-41+. The van der Waals surface area contributed by atoms with Crippen molar-refractivity contribution in [2.24, 2.45) is 0 Å². The van der Waals surface area contributed by atoms with Gasteiger partial charge in [0.2, 0.25) is 0 Å². The third-order valence-electron chi connectivity index (χ3n) is 6.94. The Morgan fingerprint density at radius 3 is 0.955 bits per heavy atom. The summed E-state index contributed by atoms with van der Waals surface area (Å²) in [6.07, 6.45) is 5.64. The maximum atomic E-state index is 5.75. The van der Waals surface area contributed by atoms with Crippen LogP contribution in [-0.4, -0.2) is 0 Å². The molecule has 0 saturated carbocycles. The zero-order valence-electron chi connectivity index (χ0n) is 24.0. The molecular weight excluding hydrogens is 536 g/mol. The molecule has 0 atom stereocenters. The molecule has 6 rings (SSSR count). The fourth-order valence-electron chi connectivity index (χ4n) is 4.83. The van der Waals surface area contributed by atoms with Crippen LogP contribution >= 0.6 is 0 Å². The van der Waals surface area contributed by atoms with E-state index in [4.69, 9.17) is 9.47 Å². The van der Waals surface area contributed by atoms with E-state index in [0.29, 0.717) is 11.5 Å². The number of benzene rings is 6. The molecule has 0 saturated heterocycles. The van der Waals surface area contributed by atoms with Crippen LogP contribution in [0.3, 0.4) is 0 Å². The summed E-state index contributed by atoms with van der Waals surface area (Å²) in [5.41, 5.74) is 8.37. The van der Waals surface area contributed by atoms with Crippen molar-refractivity contribution in [3.05, 3.63) is 203 Å². The second-order valence-electron chi connectivity index (χ2n) is 9.92. The first-order valence-corrected chi connectivity index (χ1v) is 14.4. The zero-order valence-corrected chi connectivity index (χ0v) is 24.0. The highest BCUT2D eigenvalue weighted by Crippen LogP contribution is 2.37. The highest BCUT2D eigenvalue weighted by atomic mass is 16.5. The predicted molar refractivity (Wildman–Crippen MR) is 179 cm³/mol. The fraction of sp³-hybridized carbons (Fsp3) is 0. The van der Waals surface area contributed by atoms with Crippen LogP contribution in [0.25, 0.3) is 11.1 Å². The van der Waals surface area contributed by atoms with Gasteiger partial charge in [0.05, 0.1) is 0 Å². The first-order valence-electron chi connectivity index (χ1n) is 14.4. The van der Waals surface area contributed by atoms with Crippen LogP contribution in [0.15, 0.2) is 170 Å². The average molecular weight is 565 g/mol. The van der Waals surface area contributed by atoms with Crippen molar-refractivity contribution in [3.8, 4) is 35.6 Å². The summed E-state index contributed by atoms with van der Waals surface area (Å²) >= 11 is 0. The largest absolute Gasteiger partial charge is 0.407 e. The highest BCUT2D eigenvalue weighted by Gasteiger charge is 2.16. The van der Waals surface area contributed by atoms with Crippen molar-refractivity contribution in [2.75, 3.05) is 0 Å². The molecule has 0 aromatic heterocycles. The van der Waals surface area contributed by atoms with Crippen molar-refractivity contribution in [2.45, 2.75) is 0 Å². The van der Waals surface area contributed by atoms with Crippen LogP contribution in [0.1, 0.15) is 33.4 Å². The van der Waals surface area contributed by atoms with Gasteiger partial charge in [0.25, 0.3) is 0 Å². The molecule has 0 aliphatic rings. The maximum absolute atomic E-state index is 5.75. The van der Waals surface area contributed by atoms with E-state index in [2.05, 4.69) is 96.9 Å². The van der Waals surface area contributed by atoms with Crippen molar-refractivity contribution in [3.63, 3.8) is 0 Å². The smallest absolute Gasteiger partial charge is 0.140 e. The fourth-order valence-corrected chi connectivity index (χ4v) is 4.83. The van der Waals surface area contributed by atoms with E-state index in [0.717, 1.165) is 44.5 Å². The minimum atomic E-state index is 0.684. The number of hydrogen-bond acceptors (Lipinski definition) is 2. The van der Waals surface area contributed by atoms with E-state index in [1.165, 1.54) is 0 Å². The van der Waals surface area contributed by atoms with Crippen LogP contribution in [0.5, 0.6) is 11.5 Å². The second kappa shape index (κ2) is 14.1. The number of hydrogen-bond donors (Lipinski definition) is 0. The first-order chi connectivity index (χ1) is 21.8. The van der Waals surface area contributed by atoms with Crippen LogP contribution in [0, 0.1) is 24.1 Å². The monoisotopic (exact) mass is 564 g/mol.